The van der Waals surface area contributed by atoms with Crippen molar-refractivity contribution in [2.24, 2.45) is 0 Å². The van der Waals surface area contributed by atoms with Crippen molar-refractivity contribution in [1.82, 2.24) is 19.4 Å². The van der Waals surface area contributed by atoms with Crippen molar-refractivity contribution in [3.63, 3.8) is 0 Å². The van der Waals surface area contributed by atoms with E-state index in [2.05, 4.69) is 9.97 Å². The number of aliphatic hydroxyl groups is 1. The van der Waals surface area contributed by atoms with Crippen LogP contribution in [0.1, 0.15) is 52.3 Å². The molecule has 9 nitrogen and oxygen atoms in total. The number of aliphatic hydroxyl groups excluding tert-OH is 1. The van der Waals surface area contributed by atoms with Crippen molar-refractivity contribution in [3.8, 4) is 0 Å². The smallest absolute Gasteiger partial charge is 0.355 e. The molecule has 1 unspecified atom stereocenters. The van der Waals surface area contributed by atoms with Crippen LogP contribution in [0.3, 0.4) is 0 Å². The maximum Gasteiger partial charge on any atom is 0.355 e. The highest BCUT2D eigenvalue weighted by atomic mass is 35.5. The zero-order chi connectivity index (χ0) is 26.0. The number of nitrogens with zero attached hydrogens (tertiary/aromatic N) is 3. The van der Waals surface area contributed by atoms with E-state index in [-0.39, 0.29) is 30.2 Å². The molecule has 3 aromatic rings. The number of H-pyrrole nitrogens is 1. The molecule has 1 saturated heterocycles. The zero-order valence-corrected chi connectivity index (χ0v) is 21.0. The standard InChI is InChI=1S/C26H27ClN4O5/c1-4-36-26(35)21-15(2)19(16(3)29-21)23(32)20-22(17-6-8-18(27)9-7-17)31(25(34)24(20)33)12-5-11-30-13-10-28-14-30/h6-10,13-14,22,29,32H,4-5,11-12H2,1-3H3. The molecule has 188 valence electrons. The molecular weight excluding hydrogens is 484 g/mol. The fourth-order valence-electron chi connectivity index (χ4n) is 4.59. The summed E-state index contributed by atoms with van der Waals surface area (Å²) < 4.78 is 6.98. The molecule has 4 rings (SSSR count). The fourth-order valence-corrected chi connectivity index (χ4v) is 4.72. The Hall–Kier alpha value is -3.85. The van der Waals surface area contributed by atoms with Gasteiger partial charge in [0.05, 0.1) is 24.5 Å². The van der Waals surface area contributed by atoms with Gasteiger partial charge >= 0.3 is 5.97 Å². The van der Waals surface area contributed by atoms with Crippen molar-refractivity contribution in [2.45, 2.75) is 39.8 Å². The van der Waals surface area contributed by atoms with Gasteiger partial charge in [0.15, 0.2) is 0 Å². The molecule has 10 heteroatoms. The number of esters is 1. The predicted molar refractivity (Wildman–Crippen MR) is 134 cm³/mol. The maximum absolute atomic E-state index is 13.3. The van der Waals surface area contributed by atoms with Crippen molar-refractivity contribution in [1.29, 1.82) is 0 Å². The summed E-state index contributed by atoms with van der Waals surface area (Å²) in [4.78, 5) is 47.3. The normalized spacial score (nSPS) is 17.1. The van der Waals surface area contributed by atoms with Crippen molar-refractivity contribution < 1.29 is 24.2 Å². The van der Waals surface area contributed by atoms with Gasteiger partial charge in [-0.15, -0.1) is 0 Å². The summed E-state index contributed by atoms with van der Waals surface area (Å²) in [5, 5.41) is 12.0. The van der Waals surface area contributed by atoms with Gasteiger partial charge < -0.3 is 24.3 Å². The molecule has 1 aromatic carbocycles. The predicted octanol–water partition coefficient (Wildman–Crippen LogP) is 4.17. The average molecular weight is 511 g/mol. The molecule has 0 saturated carbocycles. The molecule has 1 atom stereocenters. The molecular formula is C26H27ClN4O5. The van der Waals surface area contributed by atoms with Crippen LogP contribution >= 0.6 is 11.6 Å². The topological polar surface area (TPSA) is 118 Å². The molecule has 1 aliphatic heterocycles. The molecule has 1 amide bonds. The molecule has 0 aliphatic carbocycles. The van der Waals surface area contributed by atoms with Gasteiger partial charge in [-0.05, 0) is 50.5 Å². The van der Waals surface area contributed by atoms with Crippen LogP contribution in [0.15, 0.2) is 48.6 Å². The first-order valence-corrected chi connectivity index (χ1v) is 12.0. The summed E-state index contributed by atoms with van der Waals surface area (Å²) >= 11 is 6.08. The Labute approximate surface area is 213 Å². The number of likely N-dealkylation sites (tertiary alicyclic amines) is 1. The van der Waals surface area contributed by atoms with Crippen LogP contribution in [0.5, 0.6) is 0 Å². The number of carbonyl (C=O) groups is 3. The molecule has 2 N–H and O–H groups in total. The first kappa shape index (κ1) is 25.2. The minimum atomic E-state index is -0.815. The highest BCUT2D eigenvalue weighted by molar-refractivity contribution is 6.46. The van der Waals surface area contributed by atoms with Crippen molar-refractivity contribution >= 4 is 35.0 Å². The van der Waals surface area contributed by atoms with Crippen molar-refractivity contribution in [2.75, 3.05) is 13.2 Å². The van der Waals surface area contributed by atoms with Crippen LogP contribution < -0.4 is 0 Å². The van der Waals surface area contributed by atoms with E-state index in [1.807, 2.05) is 10.8 Å². The van der Waals surface area contributed by atoms with Crippen LogP contribution in [0.25, 0.3) is 5.76 Å². The van der Waals surface area contributed by atoms with Gasteiger partial charge in [-0.1, -0.05) is 23.7 Å². The number of rotatable bonds is 8. The lowest BCUT2D eigenvalue weighted by molar-refractivity contribution is -0.139. The Bertz CT molecular complexity index is 1330. The summed E-state index contributed by atoms with van der Waals surface area (Å²) in [7, 11) is 0. The molecule has 2 aromatic heterocycles. The molecule has 1 fully saturated rings. The van der Waals surface area contributed by atoms with E-state index in [0.717, 1.165) is 0 Å². The summed E-state index contributed by atoms with van der Waals surface area (Å²) in [5.74, 6) is -2.38. The van der Waals surface area contributed by atoms with Gasteiger partial charge in [-0.2, -0.15) is 0 Å². The van der Waals surface area contributed by atoms with Crippen LogP contribution in [-0.4, -0.2) is 55.4 Å². The Morgan fingerprint density at radius 3 is 2.56 bits per heavy atom. The van der Waals surface area contributed by atoms with E-state index in [4.69, 9.17) is 16.3 Å². The second-order valence-electron chi connectivity index (χ2n) is 8.54. The Morgan fingerprint density at radius 1 is 1.19 bits per heavy atom. The number of hydrogen-bond acceptors (Lipinski definition) is 6. The average Bonchev–Trinajstić information content (AvgIpc) is 3.53. The number of halogens is 1. The number of amides is 1. The third kappa shape index (κ3) is 4.66. The third-order valence-electron chi connectivity index (χ3n) is 6.25. The number of Topliss-reactive ketones (excluding diaryl/α,β-unsaturated/α-hetero) is 1. The van der Waals surface area contributed by atoms with Crippen LogP contribution in [0.4, 0.5) is 0 Å². The van der Waals surface area contributed by atoms with E-state index in [1.165, 1.54) is 4.90 Å². The molecule has 0 bridgehead atoms. The summed E-state index contributed by atoms with van der Waals surface area (Å²) in [6.45, 7) is 6.12. The lowest BCUT2D eigenvalue weighted by atomic mass is 9.94. The largest absolute Gasteiger partial charge is 0.507 e. The van der Waals surface area contributed by atoms with Crippen molar-refractivity contribution in [3.05, 3.63) is 81.7 Å². The molecule has 3 heterocycles. The number of benzene rings is 1. The number of nitrogens with one attached hydrogen (secondary N) is 1. The van der Waals surface area contributed by atoms with Gasteiger partial charge in [0.25, 0.3) is 11.7 Å². The number of hydrogen-bond donors (Lipinski definition) is 2. The van der Waals surface area contributed by atoms with Crippen LogP contribution in [-0.2, 0) is 20.9 Å². The number of ether oxygens (including phenoxy) is 1. The van der Waals surface area contributed by atoms with Gasteiger partial charge in [-0.25, -0.2) is 9.78 Å². The molecule has 0 spiro atoms. The van der Waals surface area contributed by atoms with Crippen LogP contribution in [0.2, 0.25) is 5.02 Å². The monoisotopic (exact) mass is 510 g/mol. The van der Waals surface area contributed by atoms with E-state index in [9.17, 15) is 19.5 Å². The van der Waals surface area contributed by atoms with Gasteiger partial charge in [-0.3, -0.25) is 9.59 Å². The Morgan fingerprint density at radius 2 is 1.92 bits per heavy atom. The van der Waals surface area contributed by atoms with E-state index >= 15 is 0 Å². The number of imidazole rings is 1. The number of carbonyl (C=O) groups excluding carboxylic acids is 3. The van der Waals surface area contributed by atoms with Gasteiger partial charge in [0.2, 0.25) is 0 Å². The van der Waals surface area contributed by atoms with Gasteiger partial charge in [0.1, 0.15) is 11.5 Å². The molecule has 36 heavy (non-hydrogen) atoms. The minimum Gasteiger partial charge on any atom is -0.507 e. The van der Waals surface area contributed by atoms with Crippen LogP contribution in [0, 0.1) is 13.8 Å². The van der Waals surface area contributed by atoms with Gasteiger partial charge in [0, 0.05) is 41.8 Å². The maximum atomic E-state index is 13.3. The summed E-state index contributed by atoms with van der Waals surface area (Å²) in [6.07, 6.45) is 5.75. The fraction of sp³-hybridized carbons (Fsp3) is 0.308. The Kier molecular flexibility index (Phi) is 7.30. The Balaban J connectivity index is 1.78. The lowest BCUT2D eigenvalue weighted by Gasteiger charge is -2.25. The number of aromatic nitrogens is 3. The first-order chi connectivity index (χ1) is 17.2. The first-order valence-electron chi connectivity index (χ1n) is 11.6. The molecule has 1 aliphatic rings. The molecule has 0 radical (unpaired) electrons. The lowest BCUT2D eigenvalue weighted by Crippen LogP contribution is -2.31. The third-order valence-corrected chi connectivity index (χ3v) is 6.51. The van der Waals surface area contributed by atoms with E-state index in [0.29, 0.717) is 40.4 Å². The second kappa shape index (κ2) is 10.4. The zero-order valence-electron chi connectivity index (χ0n) is 20.2. The summed E-state index contributed by atoms with van der Waals surface area (Å²) in [5.41, 5.74) is 2.01. The van der Waals surface area contributed by atoms with E-state index < -0.39 is 23.7 Å². The number of ketones is 1. The number of aromatic amines is 1. The minimum absolute atomic E-state index is 0.0365. The number of aryl methyl sites for hydroxylation is 2. The summed E-state index contributed by atoms with van der Waals surface area (Å²) in [6, 6.07) is 6.00. The highest BCUT2D eigenvalue weighted by Crippen LogP contribution is 2.41. The highest BCUT2D eigenvalue weighted by Gasteiger charge is 2.46. The quantitative estimate of drug-likeness (QED) is 0.203. The van der Waals surface area contributed by atoms with E-state index in [1.54, 1.807) is 57.6 Å². The SMILES string of the molecule is CCOC(=O)c1[nH]c(C)c(C(O)=C2C(=O)C(=O)N(CCCn3ccnc3)C2c2ccc(Cl)cc2)c1C. The second-order valence-corrected chi connectivity index (χ2v) is 8.98.